The number of ether oxygens (including phenoxy) is 1. The van der Waals surface area contributed by atoms with Gasteiger partial charge in [-0.15, -0.1) is 0 Å². The Morgan fingerprint density at radius 3 is 2.40 bits per heavy atom. The van der Waals surface area contributed by atoms with Gasteiger partial charge in [-0.05, 0) is 44.9 Å². The Bertz CT molecular complexity index is 249. The summed E-state index contributed by atoms with van der Waals surface area (Å²) >= 11 is 0. The smallest absolute Gasteiger partial charge is 0.333 e. The molecular formula is C13H22O2. The van der Waals surface area contributed by atoms with Crippen molar-refractivity contribution < 1.29 is 9.53 Å². The normalized spacial score (nSPS) is 21.0. The van der Waals surface area contributed by atoms with Crippen molar-refractivity contribution in [2.75, 3.05) is 0 Å². The van der Waals surface area contributed by atoms with Crippen LogP contribution in [0.1, 0.15) is 52.9 Å². The van der Waals surface area contributed by atoms with Crippen LogP contribution in [0.25, 0.3) is 0 Å². The number of hydrogen-bond donors (Lipinski definition) is 0. The average molecular weight is 210 g/mol. The lowest BCUT2D eigenvalue weighted by Gasteiger charge is -2.34. The summed E-state index contributed by atoms with van der Waals surface area (Å²) in [5, 5.41) is 0. The molecule has 0 N–H and O–H groups in total. The summed E-state index contributed by atoms with van der Waals surface area (Å²) in [6.07, 6.45) is 5.44. The lowest BCUT2D eigenvalue weighted by atomic mass is 9.85. The minimum atomic E-state index is -0.225. The molecule has 1 atom stereocenters. The summed E-state index contributed by atoms with van der Waals surface area (Å²) < 4.78 is 5.67. The summed E-state index contributed by atoms with van der Waals surface area (Å²) in [6, 6.07) is 0. The SMILES string of the molecule is C=C(C)C(=O)OC1(C(C)CC)CCCC1. The molecule has 0 radical (unpaired) electrons. The summed E-state index contributed by atoms with van der Waals surface area (Å²) in [4.78, 5) is 11.6. The van der Waals surface area contributed by atoms with Crippen LogP contribution in [0.5, 0.6) is 0 Å². The van der Waals surface area contributed by atoms with E-state index in [2.05, 4.69) is 20.4 Å². The second-order valence-electron chi connectivity index (χ2n) is 4.75. The van der Waals surface area contributed by atoms with E-state index in [0.717, 1.165) is 19.3 Å². The maximum atomic E-state index is 11.6. The zero-order valence-electron chi connectivity index (χ0n) is 10.1. The third-order valence-electron chi connectivity index (χ3n) is 3.60. The second-order valence-corrected chi connectivity index (χ2v) is 4.75. The van der Waals surface area contributed by atoms with Gasteiger partial charge >= 0.3 is 5.97 Å². The Morgan fingerprint density at radius 1 is 1.47 bits per heavy atom. The van der Waals surface area contributed by atoms with Crippen LogP contribution in [0.4, 0.5) is 0 Å². The second kappa shape index (κ2) is 4.82. The van der Waals surface area contributed by atoms with E-state index < -0.39 is 0 Å². The minimum Gasteiger partial charge on any atom is -0.455 e. The summed E-state index contributed by atoms with van der Waals surface area (Å²) in [6.45, 7) is 9.68. The van der Waals surface area contributed by atoms with Gasteiger partial charge in [-0.2, -0.15) is 0 Å². The van der Waals surface area contributed by atoms with E-state index >= 15 is 0 Å². The molecular weight excluding hydrogens is 188 g/mol. The monoisotopic (exact) mass is 210 g/mol. The Hall–Kier alpha value is -0.790. The summed E-state index contributed by atoms with van der Waals surface area (Å²) in [5.41, 5.74) is 0.301. The van der Waals surface area contributed by atoms with Crippen molar-refractivity contribution in [2.45, 2.75) is 58.5 Å². The van der Waals surface area contributed by atoms with E-state index in [0.29, 0.717) is 11.5 Å². The first-order valence-corrected chi connectivity index (χ1v) is 5.90. The molecule has 0 aromatic carbocycles. The number of carbonyl (C=O) groups is 1. The van der Waals surface area contributed by atoms with Crippen molar-refractivity contribution in [3.63, 3.8) is 0 Å². The Kier molecular flexibility index (Phi) is 3.95. The zero-order valence-corrected chi connectivity index (χ0v) is 10.1. The van der Waals surface area contributed by atoms with Crippen molar-refractivity contribution in [1.29, 1.82) is 0 Å². The average Bonchev–Trinajstić information content (AvgIpc) is 2.66. The zero-order chi connectivity index (χ0) is 11.5. The predicted octanol–water partition coefficient (Wildman–Crippen LogP) is 3.46. The molecule has 0 bridgehead atoms. The Morgan fingerprint density at radius 2 is 2.00 bits per heavy atom. The van der Waals surface area contributed by atoms with Gasteiger partial charge in [0.25, 0.3) is 0 Å². The maximum absolute atomic E-state index is 11.6. The highest BCUT2D eigenvalue weighted by atomic mass is 16.6. The van der Waals surface area contributed by atoms with E-state index in [1.807, 2.05) is 0 Å². The highest BCUT2D eigenvalue weighted by Crippen LogP contribution is 2.41. The van der Waals surface area contributed by atoms with Crippen LogP contribution in [0.2, 0.25) is 0 Å². The van der Waals surface area contributed by atoms with Crippen molar-refractivity contribution in [2.24, 2.45) is 5.92 Å². The van der Waals surface area contributed by atoms with Gasteiger partial charge in [-0.3, -0.25) is 0 Å². The molecule has 1 aliphatic rings. The first-order valence-electron chi connectivity index (χ1n) is 5.90. The molecule has 15 heavy (non-hydrogen) atoms. The van der Waals surface area contributed by atoms with Gasteiger partial charge in [-0.1, -0.05) is 20.4 Å². The fourth-order valence-corrected chi connectivity index (χ4v) is 2.31. The fraction of sp³-hybridized carbons (Fsp3) is 0.769. The van der Waals surface area contributed by atoms with Crippen molar-refractivity contribution >= 4 is 5.97 Å². The molecule has 1 fully saturated rings. The maximum Gasteiger partial charge on any atom is 0.333 e. The molecule has 2 nitrogen and oxygen atoms in total. The number of carbonyl (C=O) groups excluding carboxylic acids is 1. The van der Waals surface area contributed by atoms with Crippen LogP contribution in [-0.2, 0) is 9.53 Å². The van der Waals surface area contributed by atoms with E-state index in [9.17, 15) is 4.79 Å². The molecule has 2 heteroatoms. The first-order chi connectivity index (χ1) is 7.02. The van der Waals surface area contributed by atoms with Crippen molar-refractivity contribution in [1.82, 2.24) is 0 Å². The topological polar surface area (TPSA) is 26.3 Å². The third kappa shape index (κ3) is 2.61. The van der Waals surface area contributed by atoms with Gasteiger partial charge in [0.15, 0.2) is 0 Å². The standard InChI is InChI=1S/C13H22O2/c1-5-11(4)13(8-6-7-9-13)15-12(14)10(2)3/h11H,2,5-9H2,1,3-4H3. The molecule has 0 heterocycles. The molecule has 1 saturated carbocycles. The molecule has 1 rings (SSSR count). The third-order valence-corrected chi connectivity index (χ3v) is 3.60. The molecule has 0 aliphatic heterocycles. The Balaban J connectivity index is 2.74. The predicted molar refractivity (Wildman–Crippen MR) is 61.6 cm³/mol. The lowest BCUT2D eigenvalue weighted by Crippen LogP contribution is -2.38. The minimum absolute atomic E-state index is 0.204. The van der Waals surface area contributed by atoms with Crippen LogP contribution in [0, 0.1) is 5.92 Å². The molecule has 0 amide bonds. The Labute approximate surface area is 92.7 Å². The largest absolute Gasteiger partial charge is 0.455 e. The molecule has 0 aromatic heterocycles. The summed E-state index contributed by atoms with van der Waals surface area (Å²) in [5.74, 6) is 0.223. The number of hydrogen-bond acceptors (Lipinski definition) is 2. The van der Waals surface area contributed by atoms with Crippen LogP contribution in [0.15, 0.2) is 12.2 Å². The van der Waals surface area contributed by atoms with E-state index in [-0.39, 0.29) is 11.6 Å². The molecule has 1 unspecified atom stereocenters. The highest BCUT2D eigenvalue weighted by molar-refractivity contribution is 5.87. The highest BCUT2D eigenvalue weighted by Gasteiger charge is 2.41. The number of rotatable bonds is 4. The number of esters is 1. The van der Waals surface area contributed by atoms with Gasteiger partial charge in [0, 0.05) is 5.57 Å². The van der Waals surface area contributed by atoms with Gasteiger partial charge in [-0.25, -0.2) is 4.79 Å². The van der Waals surface area contributed by atoms with Crippen molar-refractivity contribution in [3.05, 3.63) is 12.2 Å². The molecule has 86 valence electrons. The molecule has 0 saturated heterocycles. The van der Waals surface area contributed by atoms with Crippen LogP contribution in [-0.4, -0.2) is 11.6 Å². The van der Waals surface area contributed by atoms with Gasteiger partial charge in [0.1, 0.15) is 5.60 Å². The quantitative estimate of drug-likeness (QED) is 0.524. The van der Waals surface area contributed by atoms with Gasteiger partial charge in [0.05, 0.1) is 0 Å². The van der Waals surface area contributed by atoms with E-state index in [4.69, 9.17) is 4.74 Å². The molecule has 0 aromatic rings. The molecule has 1 aliphatic carbocycles. The summed E-state index contributed by atoms with van der Waals surface area (Å²) in [7, 11) is 0. The van der Waals surface area contributed by atoms with Crippen LogP contribution >= 0.6 is 0 Å². The first kappa shape index (κ1) is 12.3. The van der Waals surface area contributed by atoms with Crippen LogP contribution in [0.3, 0.4) is 0 Å². The van der Waals surface area contributed by atoms with Gasteiger partial charge in [0.2, 0.25) is 0 Å². The molecule has 0 spiro atoms. The lowest BCUT2D eigenvalue weighted by molar-refractivity contribution is -0.160. The van der Waals surface area contributed by atoms with Crippen LogP contribution < -0.4 is 0 Å². The van der Waals surface area contributed by atoms with Gasteiger partial charge < -0.3 is 4.74 Å². The van der Waals surface area contributed by atoms with Crippen molar-refractivity contribution in [3.8, 4) is 0 Å². The fourth-order valence-electron chi connectivity index (χ4n) is 2.31. The van der Waals surface area contributed by atoms with E-state index in [1.54, 1.807) is 6.92 Å². The van der Waals surface area contributed by atoms with E-state index in [1.165, 1.54) is 12.8 Å².